The maximum Gasteiger partial charge on any atom is 0.326 e. The molecule has 2 N–H and O–H groups in total. The third-order valence-corrected chi connectivity index (χ3v) is 6.05. The first-order valence-electron chi connectivity index (χ1n) is 10.5. The Kier molecular flexibility index (Phi) is 7.07. The van der Waals surface area contributed by atoms with E-state index in [-0.39, 0.29) is 24.7 Å². The van der Waals surface area contributed by atoms with E-state index in [4.69, 9.17) is 0 Å². The van der Waals surface area contributed by atoms with Crippen LogP contribution in [-0.4, -0.2) is 68.9 Å². The molecule has 0 aliphatic carbocycles. The first-order valence-corrected chi connectivity index (χ1v) is 10.5. The summed E-state index contributed by atoms with van der Waals surface area (Å²) in [4.78, 5) is 50.6. The highest BCUT2D eigenvalue weighted by Gasteiger charge is 2.34. The zero-order valence-corrected chi connectivity index (χ0v) is 17.0. The van der Waals surface area contributed by atoms with Crippen LogP contribution in [0.25, 0.3) is 0 Å². The molecule has 0 saturated carbocycles. The fourth-order valence-electron chi connectivity index (χ4n) is 4.46. The number of carbonyl (C=O) groups excluding carboxylic acids is 2. The number of rotatable bonds is 8. The molecule has 2 amide bonds. The van der Waals surface area contributed by atoms with Crippen molar-refractivity contribution in [1.82, 2.24) is 9.80 Å². The van der Waals surface area contributed by atoms with E-state index < -0.39 is 24.0 Å². The van der Waals surface area contributed by atoms with Gasteiger partial charge in [-0.2, -0.15) is 0 Å². The quantitative estimate of drug-likeness (QED) is 0.667. The predicted octanol–water partition coefficient (Wildman–Crippen LogP) is 1.70. The molecule has 2 atom stereocenters. The number of benzene rings is 1. The summed E-state index contributed by atoms with van der Waals surface area (Å²) < 4.78 is 0. The van der Waals surface area contributed by atoms with Gasteiger partial charge in [0.25, 0.3) is 0 Å². The molecule has 2 fully saturated rings. The smallest absolute Gasteiger partial charge is 0.326 e. The molecule has 2 heterocycles. The highest BCUT2D eigenvalue weighted by atomic mass is 16.4. The molecule has 0 spiro atoms. The molecular formula is C22H28N2O6. The predicted molar refractivity (Wildman–Crippen MR) is 108 cm³/mol. The number of hydrogen-bond donors (Lipinski definition) is 2. The van der Waals surface area contributed by atoms with Crippen LogP contribution in [0.4, 0.5) is 0 Å². The third kappa shape index (κ3) is 4.98. The number of amides is 2. The molecule has 30 heavy (non-hydrogen) atoms. The van der Waals surface area contributed by atoms with Crippen LogP contribution < -0.4 is 0 Å². The second kappa shape index (κ2) is 9.73. The Bertz CT molecular complexity index is 757. The molecule has 2 aliphatic heterocycles. The van der Waals surface area contributed by atoms with Crippen molar-refractivity contribution in [1.29, 1.82) is 0 Å². The van der Waals surface area contributed by atoms with Gasteiger partial charge >= 0.3 is 11.9 Å². The summed E-state index contributed by atoms with van der Waals surface area (Å²) >= 11 is 0. The Morgan fingerprint density at radius 3 is 1.53 bits per heavy atom. The normalized spacial score (nSPS) is 21.1. The minimum atomic E-state index is -0.957. The van der Waals surface area contributed by atoms with Crippen molar-refractivity contribution in [3.63, 3.8) is 0 Å². The molecule has 8 nitrogen and oxygen atoms in total. The Morgan fingerprint density at radius 2 is 1.17 bits per heavy atom. The van der Waals surface area contributed by atoms with Crippen molar-refractivity contribution in [2.24, 2.45) is 0 Å². The molecule has 162 valence electrons. The molecule has 3 rings (SSSR count). The fraction of sp³-hybridized carbons (Fsp3) is 0.545. The van der Waals surface area contributed by atoms with Crippen molar-refractivity contribution in [3.8, 4) is 0 Å². The van der Waals surface area contributed by atoms with E-state index in [0.717, 1.165) is 11.1 Å². The van der Waals surface area contributed by atoms with Gasteiger partial charge in [0.2, 0.25) is 11.8 Å². The van der Waals surface area contributed by atoms with Crippen molar-refractivity contribution >= 4 is 23.8 Å². The molecule has 2 aliphatic rings. The maximum absolute atomic E-state index is 12.5. The molecule has 0 radical (unpaired) electrons. The largest absolute Gasteiger partial charge is 0.480 e. The summed E-state index contributed by atoms with van der Waals surface area (Å²) in [6.07, 6.45) is 3.80. The zero-order valence-electron chi connectivity index (χ0n) is 17.0. The van der Waals surface area contributed by atoms with Gasteiger partial charge < -0.3 is 20.0 Å². The summed E-state index contributed by atoms with van der Waals surface area (Å²) in [5, 5.41) is 18.5. The number of aliphatic carboxylic acids is 2. The van der Waals surface area contributed by atoms with E-state index >= 15 is 0 Å². The highest BCUT2D eigenvalue weighted by Crippen LogP contribution is 2.22. The van der Waals surface area contributed by atoms with E-state index in [1.165, 1.54) is 9.80 Å². The second-order valence-corrected chi connectivity index (χ2v) is 7.94. The van der Waals surface area contributed by atoms with E-state index in [0.29, 0.717) is 51.6 Å². The molecule has 1 unspecified atom stereocenters. The number of carbonyl (C=O) groups is 4. The second-order valence-electron chi connectivity index (χ2n) is 7.94. The molecule has 1 aromatic rings. The topological polar surface area (TPSA) is 115 Å². The Balaban J connectivity index is 1.57. The summed E-state index contributed by atoms with van der Waals surface area (Å²) in [7, 11) is 0. The van der Waals surface area contributed by atoms with Gasteiger partial charge in [-0.1, -0.05) is 24.3 Å². The van der Waals surface area contributed by atoms with Gasteiger partial charge in [0.1, 0.15) is 12.1 Å². The summed E-state index contributed by atoms with van der Waals surface area (Å²) in [6, 6.07) is 6.13. The molecule has 8 heteroatoms. The van der Waals surface area contributed by atoms with Crippen LogP contribution >= 0.6 is 0 Å². The van der Waals surface area contributed by atoms with Gasteiger partial charge in [0.05, 0.1) is 0 Å². The highest BCUT2D eigenvalue weighted by molar-refractivity contribution is 5.85. The first kappa shape index (κ1) is 21.8. The number of carboxylic acids is 2. The minimum absolute atomic E-state index is 0.160. The summed E-state index contributed by atoms with van der Waals surface area (Å²) in [6.45, 7) is 0.957. The van der Waals surface area contributed by atoms with E-state index in [1.807, 2.05) is 24.3 Å². The van der Waals surface area contributed by atoms with Crippen LogP contribution in [0.15, 0.2) is 24.3 Å². The number of aryl methyl sites for hydroxylation is 2. The van der Waals surface area contributed by atoms with Crippen molar-refractivity contribution < 1.29 is 29.4 Å². The number of nitrogens with zero attached hydrogens (tertiary/aromatic N) is 2. The lowest BCUT2D eigenvalue weighted by Gasteiger charge is -2.22. The van der Waals surface area contributed by atoms with Gasteiger partial charge in [-0.3, -0.25) is 9.59 Å². The SMILES string of the molecule is O=C(O)C1CCCN1C(=O)CCc1ccccc1CCC(=O)N1CCC[C@@H]1C(=O)O. The van der Waals surface area contributed by atoms with E-state index in [2.05, 4.69) is 0 Å². The lowest BCUT2D eigenvalue weighted by molar-refractivity contribution is -0.148. The van der Waals surface area contributed by atoms with Crippen LogP contribution in [0.1, 0.15) is 49.7 Å². The van der Waals surface area contributed by atoms with Crippen molar-refractivity contribution in [3.05, 3.63) is 35.4 Å². The molecule has 0 aromatic heterocycles. The third-order valence-electron chi connectivity index (χ3n) is 6.05. The Morgan fingerprint density at radius 1 is 0.767 bits per heavy atom. The molecular weight excluding hydrogens is 388 g/mol. The van der Waals surface area contributed by atoms with E-state index in [9.17, 15) is 29.4 Å². The van der Waals surface area contributed by atoms with Gasteiger partial charge in [0, 0.05) is 25.9 Å². The molecule has 0 bridgehead atoms. The standard InChI is InChI=1S/C22H28N2O6/c25-19(23-13-3-7-17(23)21(27)28)11-9-15-5-1-2-6-16(15)10-12-20(26)24-14-4-8-18(24)22(29)30/h1-2,5-6,17-18H,3-4,7-14H2,(H,27,28)(H,29,30)/t17-,18?/m1/s1. The minimum Gasteiger partial charge on any atom is -0.480 e. The van der Waals surface area contributed by atoms with E-state index in [1.54, 1.807) is 0 Å². The zero-order chi connectivity index (χ0) is 21.7. The monoisotopic (exact) mass is 416 g/mol. The van der Waals surface area contributed by atoms with Crippen LogP contribution in [0.3, 0.4) is 0 Å². The number of carboxylic acid groups (broad SMARTS) is 2. The fourth-order valence-corrected chi connectivity index (χ4v) is 4.46. The Hall–Kier alpha value is -2.90. The average molecular weight is 416 g/mol. The van der Waals surface area contributed by atoms with Crippen LogP contribution in [0.2, 0.25) is 0 Å². The van der Waals surface area contributed by atoms with Gasteiger partial charge in [-0.25, -0.2) is 9.59 Å². The lowest BCUT2D eigenvalue weighted by Crippen LogP contribution is -2.40. The Labute approximate surface area is 175 Å². The van der Waals surface area contributed by atoms with Gasteiger partial charge in [-0.05, 0) is 49.7 Å². The van der Waals surface area contributed by atoms with Gasteiger partial charge in [-0.15, -0.1) is 0 Å². The lowest BCUT2D eigenvalue weighted by atomic mass is 9.98. The van der Waals surface area contributed by atoms with Crippen LogP contribution in [-0.2, 0) is 32.0 Å². The maximum atomic E-state index is 12.5. The van der Waals surface area contributed by atoms with Gasteiger partial charge in [0.15, 0.2) is 0 Å². The first-order chi connectivity index (χ1) is 14.4. The van der Waals surface area contributed by atoms with Crippen molar-refractivity contribution in [2.45, 2.75) is 63.5 Å². The summed E-state index contributed by atoms with van der Waals surface area (Å²) in [5.74, 6) is -2.23. The average Bonchev–Trinajstić information content (AvgIpc) is 3.40. The molecule has 1 aromatic carbocycles. The van der Waals surface area contributed by atoms with Crippen LogP contribution in [0.5, 0.6) is 0 Å². The number of likely N-dealkylation sites (tertiary alicyclic amines) is 2. The van der Waals surface area contributed by atoms with Crippen molar-refractivity contribution in [2.75, 3.05) is 13.1 Å². The summed E-state index contributed by atoms with van der Waals surface area (Å²) in [5.41, 5.74) is 1.92. The number of hydrogen-bond acceptors (Lipinski definition) is 4. The van der Waals surface area contributed by atoms with Crippen LogP contribution in [0, 0.1) is 0 Å². The molecule has 2 saturated heterocycles.